The minimum Gasteiger partial charge on any atom is -0.365 e. The van der Waals surface area contributed by atoms with Crippen molar-refractivity contribution in [3.8, 4) is 0 Å². The van der Waals surface area contributed by atoms with Crippen LogP contribution in [0.25, 0.3) is 0 Å². The van der Waals surface area contributed by atoms with Gasteiger partial charge in [0, 0.05) is 24.9 Å². The molecule has 0 saturated carbocycles. The number of halogens is 3. The van der Waals surface area contributed by atoms with E-state index in [0.29, 0.717) is 5.01 Å². The third-order valence-corrected chi connectivity index (χ3v) is 2.75. The minimum absolute atomic E-state index is 0.126. The summed E-state index contributed by atoms with van der Waals surface area (Å²) in [7, 11) is 0. The first-order chi connectivity index (χ1) is 8.75. The third kappa shape index (κ3) is 2.30. The molecule has 1 aromatic heterocycles. The van der Waals surface area contributed by atoms with Crippen LogP contribution in [0.2, 0.25) is 0 Å². The zero-order valence-electron chi connectivity index (χ0n) is 9.85. The maximum atomic E-state index is 12.7. The summed E-state index contributed by atoms with van der Waals surface area (Å²) in [4.78, 5) is 15.1. The van der Waals surface area contributed by atoms with Crippen LogP contribution in [0.5, 0.6) is 0 Å². The van der Waals surface area contributed by atoms with Crippen molar-refractivity contribution in [3.63, 3.8) is 0 Å². The number of aliphatic hydroxyl groups is 1. The highest BCUT2D eigenvalue weighted by molar-refractivity contribution is 5.94. The van der Waals surface area contributed by atoms with Gasteiger partial charge in [0.2, 0.25) is 5.91 Å². The van der Waals surface area contributed by atoms with Crippen LogP contribution in [0.1, 0.15) is 18.9 Å². The quantitative estimate of drug-likeness (QED) is 0.841. The first-order valence-corrected chi connectivity index (χ1v) is 5.33. The van der Waals surface area contributed by atoms with Gasteiger partial charge in [-0.15, -0.1) is 0 Å². The minimum atomic E-state index is -4.69. The molecule has 1 unspecified atom stereocenters. The topological polar surface area (TPSA) is 65.8 Å². The molecular weight excluding hydrogens is 263 g/mol. The van der Waals surface area contributed by atoms with Gasteiger partial charge in [0.15, 0.2) is 5.72 Å². The zero-order chi connectivity index (χ0) is 14.3. The lowest BCUT2D eigenvalue weighted by molar-refractivity contribution is -0.155. The SMILES string of the molecule is CC(=O)N1N=C(C(F)(F)F)CC1(O)c1ccncc1. The Morgan fingerprint density at radius 1 is 1.42 bits per heavy atom. The van der Waals surface area contributed by atoms with E-state index in [0.717, 1.165) is 6.92 Å². The Balaban J connectivity index is 2.45. The molecule has 0 saturated heterocycles. The molecule has 0 fully saturated rings. The highest BCUT2D eigenvalue weighted by Crippen LogP contribution is 2.39. The van der Waals surface area contributed by atoms with E-state index in [9.17, 15) is 23.1 Å². The number of nitrogens with zero attached hydrogens (tertiary/aromatic N) is 3. The zero-order valence-corrected chi connectivity index (χ0v) is 9.85. The lowest BCUT2D eigenvalue weighted by atomic mass is 9.98. The fraction of sp³-hybridized carbons (Fsp3) is 0.364. The Morgan fingerprint density at radius 3 is 2.47 bits per heavy atom. The predicted octanol–water partition coefficient (Wildman–Crippen LogP) is 1.40. The van der Waals surface area contributed by atoms with E-state index >= 15 is 0 Å². The van der Waals surface area contributed by atoms with Gasteiger partial charge in [0.25, 0.3) is 0 Å². The van der Waals surface area contributed by atoms with Gasteiger partial charge in [-0.1, -0.05) is 0 Å². The Bertz CT molecular complexity index is 530. The van der Waals surface area contributed by atoms with E-state index in [1.165, 1.54) is 24.5 Å². The highest BCUT2D eigenvalue weighted by Gasteiger charge is 2.52. The number of carbonyl (C=O) groups excluding carboxylic acids is 1. The molecule has 1 amide bonds. The first-order valence-electron chi connectivity index (χ1n) is 5.33. The molecule has 102 valence electrons. The van der Waals surface area contributed by atoms with Crippen molar-refractivity contribution in [2.75, 3.05) is 0 Å². The van der Waals surface area contributed by atoms with Crippen molar-refractivity contribution in [2.45, 2.75) is 25.2 Å². The Labute approximate surface area is 106 Å². The van der Waals surface area contributed by atoms with E-state index in [2.05, 4.69) is 10.1 Å². The molecule has 1 aliphatic rings. The van der Waals surface area contributed by atoms with Crippen molar-refractivity contribution in [2.24, 2.45) is 5.10 Å². The number of alkyl halides is 3. The summed E-state index contributed by atoms with van der Waals surface area (Å²) in [6.45, 7) is 1.04. The van der Waals surface area contributed by atoms with Crippen LogP contribution in [-0.4, -0.2) is 32.9 Å². The van der Waals surface area contributed by atoms with Crippen molar-refractivity contribution >= 4 is 11.6 Å². The molecule has 0 spiro atoms. The average Bonchev–Trinajstić information content (AvgIpc) is 2.70. The Morgan fingerprint density at radius 2 is 2.00 bits per heavy atom. The Hall–Kier alpha value is -1.96. The smallest absolute Gasteiger partial charge is 0.365 e. The first kappa shape index (κ1) is 13.5. The molecule has 1 aliphatic heterocycles. The number of hydrazone groups is 1. The van der Waals surface area contributed by atoms with Gasteiger partial charge in [-0.2, -0.15) is 23.3 Å². The lowest BCUT2D eigenvalue weighted by Crippen LogP contribution is -2.42. The summed E-state index contributed by atoms with van der Waals surface area (Å²) in [5, 5.41) is 14.0. The van der Waals surface area contributed by atoms with E-state index in [4.69, 9.17) is 0 Å². The summed E-state index contributed by atoms with van der Waals surface area (Å²) in [5.74, 6) is -0.779. The number of hydrogen-bond acceptors (Lipinski definition) is 4. The maximum absolute atomic E-state index is 12.7. The molecule has 2 rings (SSSR count). The van der Waals surface area contributed by atoms with E-state index in [1.807, 2.05) is 0 Å². The third-order valence-electron chi connectivity index (χ3n) is 2.75. The second-order valence-corrected chi connectivity index (χ2v) is 4.10. The molecule has 0 radical (unpaired) electrons. The monoisotopic (exact) mass is 273 g/mol. The van der Waals surface area contributed by atoms with Crippen molar-refractivity contribution in [1.82, 2.24) is 9.99 Å². The van der Waals surface area contributed by atoms with E-state index in [-0.39, 0.29) is 5.56 Å². The van der Waals surface area contributed by atoms with Crippen LogP contribution in [0.3, 0.4) is 0 Å². The van der Waals surface area contributed by atoms with Crippen LogP contribution in [0, 0.1) is 0 Å². The standard InChI is InChI=1S/C11H10F3N3O2/c1-7(18)17-10(19,8-2-4-15-5-3-8)6-9(16-17)11(12,13)14/h2-5,19H,6H2,1H3. The van der Waals surface area contributed by atoms with Gasteiger partial charge < -0.3 is 5.11 Å². The second-order valence-electron chi connectivity index (χ2n) is 4.10. The van der Waals surface area contributed by atoms with Crippen molar-refractivity contribution in [3.05, 3.63) is 30.1 Å². The summed E-state index contributed by atoms with van der Waals surface area (Å²) < 4.78 is 38.0. The van der Waals surface area contributed by atoms with Gasteiger partial charge in [-0.05, 0) is 12.1 Å². The summed E-state index contributed by atoms with van der Waals surface area (Å²) in [6.07, 6.45) is -2.86. The number of carbonyl (C=O) groups is 1. The average molecular weight is 273 g/mol. The maximum Gasteiger partial charge on any atom is 0.431 e. The molecule has 1 atom stereocenters. The molecule has 8 heteroatoms. The van der Waals surface area contributed by atoms with Crippen molar-refractivity contribution in [1.29, 1.82) is 0 Å². The van der Waals surface area contributed by atoms with Crippen molar-refractivity contribution < 1.29 is 23.1 Å². The van der Waals surface area contributed by atoms with Crippen LogP contribution in [0.4, 0.5) is 13.2 Å². The summed E-state index contributed by atoms with van der Waals surface area (Å²) in [5.41, 5.74) is -3.19. The van der Waals surface area contributed by atoms with Gasteiger partial charge in [0.1, 0.15) is 5.71 Å². The molecule has 0 aromatic carbocycles. The molecule has 19 heavy (non-hydrogen) atoms. The normalized spacial score (nSPS) is 23.4. The Kier molecular flexibility index (Phi) is 3.05. The molecule has 2 heterocycles. The predicted molar refractivity (Wildman–Crippen MR) is 58.8 cm³/mol. The van der Waals surface area contributed by atoms with Gasteiger partial charge in [0.05, 0.1) is 6.42 Å². The number of pyridine rings is 1. The number of aromatic nitrogens is 1. The van der Waals surface area contributed by atoms with Gasteiger partial charge >= 0.3 is 6.18 Å². The second kappa shape index (κ2) is 4.30. The molecule has 0 aliphatic carbocycles. The molecule has 1 N–H and O–H groups in total. The van der Waals surface area contributed by atoms with E-state index in [1.54, 1.807) is 0 Å². The summed E-state index contributed by atoms with van der Waals surface area (Å²) >= 11 is 0. The highest BCUT2D eigenvalue weighted by atomic mass is 19.4. The van der Waals surface area contributed by atoms with Gasteiger partial charge in [-0.25, -0.2) is 0 Å². The molecule has 0 bridgehead atoms. The molecule has 1 aromatic rings. The largest absolute Gasteiger partial charge is 0.431 e. The van der Waals surface area contributed by atoms with Crippen LogP contribution < -0.4 is 0 Å². The van der Waals surface area contributed by atoms with Crippen LogP contribution >= 0.6 is 0 Å². The fourth-order valence-corrected chi connectivity index (χ4v) is 1.88. The molecule has 5 nitrogen and oxygen atoms in total. The van der Waals surface area contributed by atoms with Crippen LogP contribution in [0.15, 0.2) is 29.6 Å². The van der Waals surface area contributed by atoms with E-state index < -0.39 is 29.9 Å². The lowest BCUT2D eigenvalue weighted by Gasteiger charge is -2.30. The number of amides is 1. The number of hydrogen-bond donors (Lipinski definition) is 1. The fourth-order valence-electron chi connectivity index (χ4n) is 1.88. The summed E-state index contributed by atoms with van der Waals surface area (Å²) in [6, 6.07) is 2.68. The van der Waals surface area contributed by atoms with Crippen LogP contribution in [-0.2, 0) is 10.5 Å². The van der Waals surface area contributed by atoms with Gasteiger partial charge in [-0.3, -0.25) is 9.78 Å². The number of rotatable bonds is 1. The molecular formula is C11H10F3N3O2.